The van der Waals surface area contributed by atoms with Crippen molar-refractivity contribution >= 4 is 23.2 Å². The van der Waals surface area contributed by atoms with Gasteiger partial charge >= 0.3 is 0 Å². The van der Waals surface area contributed by atoms with Crippen LogP contribution in [0.15, 0.2) is 60.7 Å². The number of benzene rings is 3. The molecule has 0 aliphatic heterocycles. The van der Waals surface area contributed by atoms with Crippen molar-refractivity contribution in [1.82, 2.24) is 0 Å². The molecule has 0 fully saturated rings. The molecule has 0 spiro atoms. The molecule has 0 radical (unpaired) electrons. The number of nitrogens with one attached hydrogen (secondary N) is 2. The van der Waals surface area contributed by atoms with Crippen molar-refractivity contribution < 1.29 is 19.8 Å². The Hall–Kier alpha value is -3.80. The fraction of sp³-hybridized carbons (Fsp3) is 0.286. The third-order valence-corrected chi connectivity index (χ3v) is 5.58. The summed E-state index contributed by atoms with van der Waals surface area (Å²) in [5, 5.41) is 26.5. The highest BCUT2D eigenvalue weighted by molar-refractivity contribution is 6.12. The average Bonchev–Trinajstić information content (AvgIpc) is 2.73. The van der Waals surface area contributed by atoms with Gasteiger partial charge in [0.25, 0.3) is 11.8 Å². The van der Waals surface area contributed by atoms with E-state index in [4.69, 9.17) is 0 Å². The highest BCUT2D eigenvalue weighted by atomic mass is 16.3. The second-order valence-electron chi connectivity index (χ2n) is 10.4. The molecule has 34 heavy (non-hydrogen) atoms. The molecule has 0 aliphatic rings. The van der Waals surface area contributed by atoms with Crippen LogP contribution in [0, 0.1) is 0 Å². The van der Waals surface area contributed by atoms with Crippen LogP contribution in [0.4, 0.5) is 11.4 Å². The van der Waals surface area contributed by atoms with Crippen LogP contribution in [0.5, 0.6) is 11.5 Å². The van der Waals surface area contributed by atoms with E-state index in [2.05, 4.69) is 10.6 Å². The molecule has 0 bridgehead atoms. The Bertz CT molecular complexity index is 1140. The molecule has 0 aliphatic carbocycles. The van der Waals surface area contributed by atoms with Gasteiger partial charge in [0.05, 0.1) is 22.5 Å². The van der Waals surface area contributed by atoms with Gasteiger partial charge in [-0.05, 0) is 46.2 Å². The van der Waals surface area contributed by atoms with E-state index < -0.39 is 11.8 Å². The zero-order chi connectivity index (χ0) is 25.3. The summed E-state index contributed by atoms with van der Waals surface area (Å²) in [6.07, 6.45) is 0. The molecule has 0 atom stereocenters. The number of hydrogen-bond acceptors (Lipinski definition) is 4. The van der Waals surface area contributed by atoms with E-state index in [1.165, 1.54) is 12.1 Å². The molecule has 178 valence electrons. The Kier molecular flexibility index (Phi) is 6.73. The second-order valence-corrected chi connectivity index (χ2v) is 10.4. The molecule has 3 aromatic rings. The van der Waals surface area contributed by atoms with E-state index in [1.807, 2.05) is 53.7 Å². The molecule has 3 aromatic carbocycles. The maximum Gasteiger partial charge on any atom is 0.259 e. The third-order valence-electron chi connectivity index (χ3n) is 5.58. The van der Waals surface area contributed by atoms with Gasteiger partial charge in [0.1, 0.15) is 11.5 Å². The van der Waals surface area contributed by atoms with E-state index in [9.17, 15) is 19.8 Å². The lowest BCUT2D eigenvalue weighted by Gasteiger charge is -2.24. The molecule has 0 saturated heterocycles. The summed E-state index contributed by atoms with van der Waals surface area (Å²) in [4.78, 5) is 26.5. The molecule has 6 heteroatoms. The van der Waals surface area contributed by atoms with Crippen LogP contribution in [0.1, 0.15) is 73.4 Å². The molecular formula is C28H32N2O4. The Balaban J connectivity index is 1.96. The standard InChI is InChI=1S/C28H32N2O4/c1-27(2,3)17-11-9-15-21(31)23(17)25(33)29-19-13-7-8-14-20(19)30-26(34)24-18(28(4,5)6)12-10-16-22(24)32/h7-16,31-32H,1-6H3,(H,29,33)(H,30,34). The van der Waals surface area contributed by atoms with E-state index in [0.29, 0.717) is 22.5 Å². The average molecular weight is 461 g/mol. The third kappa shape index (κ3) is 5.22. The van der Waals surface area contributed by atoms with Gasteiger partial charge in [0.15, 0.2) is 0 Å². The Labute approximate surface area is 200 Å². The molecule has 4 N–H and O–H groups in total. The van der Waals surface area contributed by atoms with Crippen LogP contribution >= 0.6 is 0 Å². The smallest absolute Gasteiger partial charge is 0.259 e. The zero-order valence-electron chi connectivity index (χ0n) is 20.5. The molecule has 0 saturated carbocycles. The number of phenolic OH excluding ortho intramolecular Hbond substituents is 2. The number of carbonyl (C=O) groups is 2. The maximum atomic E-state index is 13.2. The number of rotatable bonds is 4. The molecule has 0 heterocycles. The van der Waals surface area contributed by atoms with Gasteiger partial charge in [-0.3, -0.25) is 9.59 Å². The zero-order valence-corrected chi connectivity index (χ0v) is 20.5. The summed E-state index contributed by atoms with van der Waals surface area (Å²) in [7, 11) is 0. The lowest BCUT2D eigenvalue weighted by atomic mass is 9.83. The van der Waals surface area contributed by atoms with Crippen molar-refractivity contribution in [2.45, 2.75) is 52.4 Å². The molecule has 0 unspecified atom stereocenters. The number of para-hydroxylation sites is 2. The van der Waals surface area contributed by atoms with E-state index >= 15 is 0 Å². The van der Waals surface area contributed by atoms with Gasteiger partial charge < -0.3 is 20.8 Å². The van der Waals surface area contributed by atoms with Gasteiger partial charge in [-0.25, -0.2) is 0 Å². The number of amides is 2. The van der Waals surface area contributed by atoms with Crippen molar-refractivity contribution in [2.75, 3.05) is 10.6 Å². The molecule has 3 rings (SSSR count). The predicted molar refractivity (Wildman–Crippen MR) is 136 cm³/mol. The monoisotopic (exact) mass is 460 g/mol. The quantitative estimate of drug-likeness (QED) is 0.373. The highest BCUT2D eigenvalue weighted by Crippen LogP contribution is 2.34. The van der Waals surface area contributed by atoms with Crippen LogP contribution < -0.4 is 10.6 Å². The largest absolute Gasteiger partial charge is 0.507 e. The Morgan fingerprint density at radius 2 is 0.941 bits per heavy atom. The normalized spacial score (nSPS) is 11.7. The number of carbonyl (C=O) groups excluding carboxylic acids is 2. The first-order chi connectivity index (χ1) is 15.8. The number of phenols is 2. The number of hydrogen-bond donors (Lipinski definition) is 4. The van der Waals surface area contributed by atoms with Crippen LogP contribution in [0.25, 0.3) is 0 Å². The van der Waals surface area contributed by atoms with Crippen LogP contribution in [0.3, 0.4) is 0 Å². The van der Waals surface area contributed by atoms with Gasteiger partial charge in [-0.1, -0.05) is 77.9 Å². The Morgan fingerprint density at radius 1 is 0.588 bits per heavy atom. The van der Waals surface area contributed by atoms with Gasteiger partial charge in [0.2, 0.25) is 0 Å². The van der Waals surface area contributed by atoms with Crippen molar-refractivity contribution in [3.8, 4) is 11.5 Å². The van der Waals surface area contributed by atoms with E-state index in [1.54, 1.807) is 36.4 Å². The van der Waals surface area contributed by atoms with E-state index in [0.717, 1.165) is 0 Å². The minimum Gasteiger partial charge on any atom is -0.507 e. The molecule has 6 nitrogen and oxygen atoms in total. The van der Waals surface area contributed by atoms with Crippen molar-refractivity contribution in [1.29, 1.82) is 0 Å². The summed E-state index contributed by atoms with van der Waals surface area (Å²) in [5.41, 5.74) is 1.79. The lowest BCUT2D eigenvalue weighted by molar-refractivity contribution is 0.101. The summed E-state index contributed by atoms with van der Waals surface area (Å²) >= 11 is 0. The summed E-state index contributed by atoms with van der Waals surface area (Å²) < 4.78 is 0. The predicted octanol–water partition coefficient (Wildman–Crippen LogP) is 6.20. The topological polar surface area (TPSA) is 98.7 Å². The first-order valence-electron chi connectivity index (χ1n) is 11.2. The lowest BCUT2D eigenvalue weighted by Crippen LogP contribution is -2.23. The second kappa shape index (κ2) is 9.21. The van der Waals surface area contributed by atoms with Gasteiger partial charge in [0, 0.05) is 0 Å². The minimum absolute atomic E-state index is 0.115. The number of aromatic hydroxyl groups is 2. The van der Waals surface area contributed by atoms with Crippen molar-refractivity contribution in [3.63, 3.8) is 0 Å². The molecule has 2 amide bonds. The van der Waals surface area contributed by atoms with Crippen LogP contribution in [-0.2, 0) is 10.8 Å². The maximum absolute atomic E-state index is 13.2. The summed E-state index contributed by atoms with van der Waals surface area (Å²) in [5.74, 6) is -1.20. The van der Waals surface area contributed by atoms with Crippen molar-refractivity contribution in [3.05, 3.63) is 82.9 Å². The fourth-order valence-corrected chi connectivity index (χ4v) is 3.88. The minimum atomic E-state index is -0.484. The first-order valence-corrected chi connectivity index (χ1v) is 11.2. The summed E-state index contributed by atoms with van der Waals surface area (Å²) in [6.45, 7) is 11.8. The first kappa shape index (κ1) is 24.8. The van der Waals surface area contributed by atoms with Crippen LogP contribution in [0.2, 0.25) is 0 Å². The van der Waals surface area contributed by atoms with E-state index in [-0.39, 0.29) is 33.5 Å². The highest BCUT2D eigenvalue weighted by Gasteiger charge is 2.27. The molecule has 0 aromatic heterocycles. The van der Waals surface area contributed by atoms with Crippen molar-refractivity contribution in [2.24, 2.45) is 0 Å². The molecular weight excluding hydrogens is 428 g/mol. The SMILES string of the molecule is CC(C)(C)c1cccc(O)c1C(=O)Nc1ccccc1NC(=O)c1c(O)cccc1C(C)(C)C. The number of anilines is 2. The van der Waals surface area contributed by atoms with Gasteiger partial charge in [-0.15, -0.1) is 0 Å². The van der Waals surface area contributed by atoms with Gasteiger partial charge in [-0.2, -0.15) is 0 Å². The fourth-order valence-electron chi connectivity index (χ4n) is 3.88. The van der Waals surface area contributed by atoms with Crippen LogP contribution in [-0.4, -0.2) is 22.0 Å². The summed E-state index contributed by atoms with van der Waals surface area (Å²) in [6, 6.07) is 16.8. The Morgan fingerprint density at radius 3 is 1.26 bits per heavy atom.